The van der Waals surface area contributed by atoms with Crippen molar-refractivity contribution in [2.24, 2.45) is 0 Å². The van der Waals surface area contributed by atoms with Gasteiger partial charge in [0.05, 0.1) is 18.2 Å². The number of hydrogen-bond acceptors (Lipinski definition) is 3. The van der Waals surface area contributed by atoms with E-state index in [1.807, 2.05) is 62.4 Å². The molecule has 0 radical (unpaired) electrons. The van der Waals surface area contributed by atoms with E-state index in [-0.39, 0.29) is 18.4 Å². The van der Waals surface area contributed by atoms with Gasteiger partial charge in [0.1, 0.15) is 0 Å². The predicted molar refractivity (Wildman–Crippen MR) is 110 cm³/mol. The zero-order valence-corrected chi connectivity index (χ0v) is 17.1. The van der Waals surface area contributed by atoms with Gasteiger partial charge in [-0.1, -0.05) is 60.1 Å². The van der Waals surface area contributed by atoms with E-state index in [9.17, 15) is 9.59 Å². The molecular formula is C23H24ClNO3. The van der Waals surface area contributed by atoms with Gasteiger partial charge >= 0.3 is 5.97 Å². The molecule has 2 aromatic rings. The van der Waals surface area contributed by atoms with Gasteiger partial charge in [-0.15, -0.1) is 0 Å². The predicted octanol–water partition coefficient (Wildman–Crippen LogP) is 5.08. The Labute approximate surface area is 170 Å². The Kier molecular flexibility index (Phi) is 6.20. The fourth-order valence-electron chi connectivity index (χ4n) is 3.53. The van der Waals surface area contributed by atoms with E-state index < -0.39 is 11.9 Å². The fourth-order valence-corrected chi connectivity index (χ4v) is 3.80. The van der Waals surface area contributed by atoms with Crippen LogP contribution in [0, 0.1) is 0 Å². The Morgan fingerprint density at radius 1 is 1.14 bits per heavy atom. The van der Waals surface area contributed by atoms with Crippen LogP contribution in [-0.2, 0) is 20.9 Å². The number of benzene rings is 2. The maximum Gasteiger partial charge on any atom is 0.336 e. The monoisotopic (exact) mass is 397 g/mol. The number of allylic oxidation sites excluding steroid dienone is 1. The highest BCUT2D eigenvalue weighted by molar-refractivity contribution is 6.31. The molecule has 0 aromatic heterocycles. The summed E-state index contributed by atoms with van der Waals surface area (Å²) in [6.45, 7) is 5.85. The molecule has 28 heavy (non-hydrogen) atoms. The van der Waals surface area contributed by atoms with Crippen molar-refractivity contribution in [2.75, 3.05) is 0 Å². The van der Waals surface area contributed by atoms with Crippen molar-refractivity contribution in [3.8, 4) is 0 Å². The number of carbonyl (C=O) groups excluding carboxylic acids is 2. The van der Waals surface area contributed by atoms with Crippen molar-refractivity contribution in [1.82, 2.24) is 4.90 Å². The first-order chi connectivity index (χ1) is 13.4. The number of amides is 1. The molecule has 1 unspecified atom stereocenters. The van der Waals surface area contributed by atoms with E-state index >= 15 is 0 Å². The average molecular weight is 398 g/mol. The molecule has 2 aromatic carbocycles. The molecular weight excluding hydrogens is 374 g/mol. The third-order valence-corrected chi connectivity index (χ3v) is 5.19. The maximum atomic E-state index is 13.0. The first-order valence-corrected chi connectivity index (χ1v) is 9.76. The lowest BCUT2D eigenvalue weighted by atomic mass is 9.83. The molecule has 5 heteroatoms. The van der Waals surface area contributed by atoms with Gasteiger partial charge < -0.3 is 9.64 Å². The van der Waals surface area contributed by atoms with Crippen LogP contribution in [-0.4, -0.2) is 22.9 Å². The summed E-state index contributed by atoms with van der Waals surface area (Å²) < 4.78 is 5.51. The van der Waals surface area contributed by atoms with Crippen LogP contribution >= 0.6 is 11.6 Å². The van der Waals surface area contributed by atoms with Crippen LogP contribution in [0.25, 0.3) is 0 Å². The molecule has 1 amide bonds. The van der Waals surface area contributed by atoms with E-state index in [4.69, 9.17) is 16.3 Å². The lowest BCUT2D eigenvalue weighted by Gasteiger charge is -2.35. The van der Waals surface area contributed by atoms with Crippen molar-refractivity contribution in [3.63, 3.8) is 0 Å². The second kappa shape index (κ2) is 8.61. The molecule has 0 saturated heterocycles. The smallest absolute Gasteiger partial charge is 0.336 e. The Morgan fingerprint density at radius 2 is 1.79 bits per heavy atom. The van der Waals surface area contributed by atoms with E-state index in [0.29, 0.717) is 22.8 Å². The Balaban J connectivity index is 2.06. The summed E-state index contributed by atoms with van der Waals surface area (Å²) in [5, 5.41) is 0.541. The zero-order valence-electron chi connectivity index (χ0n) is 16.3. The number of carbonyl (C=O) groups is 2. The molecule has 0 spiro atoms. The Hall–Kier alpha value is -2.59. The maximum absolute atomic E-state index is 13.0. The van der Waals surface area contributed by atoms with Crippen molar-refractivity contribution in [2.45, 2.75) is 45.8 Å². The number of hydrogen-bond donors (Lipinski definition) is 0. The second-order valence-electron chi connectivity index (χ2n) is 7.20. The van der Waals surface area contributed by atoms with Gasteiger partial charge in [0.25, 0.3) is 0 Å². The largest absolute Gasteiger partial charge is 0.460 e. The van der Waals surface area contributed by atoms with Gasteiger partial charge in [0.2, 0.25) is 5.91 Å². The van der Waals surface area contributed by atoms with E-state index in [2.05, 4.69) is 0 Å². The fraction of sp³-hybridized carbons (Fsp3) is 0.304. The third-order valence-electron chi connectivity index (χ3n) is 4.85. The normalized spacial score (nSPS) is 17.2. The first kappa shape index (κ1) is 20.2. The van der Waals surface area contributed by atoms with Crippen LogP contribution in [0.3, 0.4) is 0 Å². The van der Waals surface area contributed by atoms with Gasteiger partial charge in [-0.2, -0.15) is 0 Å². The molecule has 3 rings (SSSR count). The minimum Gasteiger partial charge on any atom is -0.460 e. The van der Waals surface area contributed by atoms with Crippen LogP contribution in [0.1, 0.15) is 44.2 Å². The highest BCUT2D eigenvalue weighted by Gasteiger charge is 2.37. The third kappa shape index (κ3) is 4.28. The molecule has 0 aliphatic carbocycles. The first-order valence-electron chi connectivity index (χ1n) is 9.39. The van der Waals surface area contributed by atoms with Crippen molar-refractivity contribution >= 4 is 23.5 Å². The molecule has 146 valence electrons. The molecule has 0 fully saturated rings. The Morgan fingerprint density at radius 3 is 2.43 bits per heavy atom. The zero-order chi connectivity index (χ0) is 20.3. The van der Waals surface area contributed by atoms with Crippen LogP contribution in [0.15, 0.2) is 65.9 Å². The topological polar surface area (TPSA) is 46.6 Å². The van der Waals surface area contributed by atoms with Crippen molar-refractivity contribution < 1.29 is 14.3 Å². The highest BCUT2D eigenvalue weighted by atomic mass is 35.5. The van der Waals surface area contributed by atoms with E-state index in [1.54, 1.807) is 17.9 Å². The molecule has 0 N–H and O–H groups in total. The minimum atomic E-state index is -0.417. The van der Waals surface area contributed by atoms with Gasteiger partial charge in [-0.05, 0) is 38.0 Å². The van der Waals surface area contributed by atoms with E-state index in [1.165, 1.54) is 0 Å². The van der Waals surface area contributed by atoms with Gasteiger partial charge in [0, 0.05) is 23.1 Å². The van der Waals surface area contributed by atoms with Crippen molar-refractivity contribution in [1.29, 1.82) is 0 Å². The average Bonchev–Trinajstić information content (AvgIpc) is 2.65. The highest BCUT2D eigenvalue weighted by Crippen LogP contribution is 2.40. The molecule has 1 atom stereocenters. The van der Waals surface area contributed by atoms with Crippen LogP contribution in [0.4, 0.5) is 0 Å². The number of nitrogens with zero attached hydrogens (tertiary/aromatic N) is 1. The standard InChI is InChI=1S/C23H24ClNO3/c1-15(2)28-23(27)22-16(3)25(14-17-9-5-4-6-10-17)21(26)13-19(22)18-11-7-8-12-20(18)24/h4-12,15,19H,13-14H2,1-3H3. The van der Waals surface area contributed by atoms with Crippen LogP contribution in [0.2, 0.25) is 5.02 Å². The summed E-state index contributed by atoms with van der Waals surface area (Å²) >= 11 is 6.40. The molecule has 1 heterocycles. The Bertz CT molecular complexity index is 905. The van der Waals surface area contributed by atoms with Crippen LogP contribution in [0.5, 0.6) is 0 Å². The molecule has 0 bridgehead atoms. The SMILES string of the molecule is CC1=C(C(=O)OC(C)C)C(c2ccccc2Cl)CC(=O)N1Cc1ccccc1. The summed E-state index contributed by atoms with van der Waals surface area (Å²) in [5.74, 6) is -0.852. The summed E-state index contributed by atoms with van der Waals surface area (Å²) in [6, 6.07) is 17.1. The summed E-state index contributed by atoms with van der Waals surface area (Å²) in [5.41, 5.74) is 2.89. The molecule has 0 saturated carbocycles. The second-order valence-corrected chi connectivity index (χ2v) is 7.60. The summed E-state index contributed by atoms with van der Waals surface area (Å²) in [6.07, 6.45) is -0.0731. The lowest BCUT2D eigenvalue weighted by Crippen LogP contribution is -2.38. The lowest BCUT2D eigenvalue weighted by molar-refractivity contribution is -0.143. The van der Waals surface area contributed by atoms with E-state index in [0.717, 1.165) is 11.1 Å². The van der Waals surface area contributed by atoms with Crippen molar-refractivity contribution in [3.05, 3.63) is 82.0 Å². The van der Waals surface area contributed by atoms with Gasteiger partial charge in [-0.3, -0.25) is 4.79 Å². The number of rotatable bonds is 5. The van der Waals surface area contributed by atoms with Gasteiger partial charge in [0.15, 0.2) is 0 Å². The number of esters is 1. The summed E-state index contributed by atoms with van der Waals surface area (Å²) in [7, 11) is 0. The minimum absolute atomic E-state index is 0.0348. The number of ether oxygens (including phenoxy) is 1. The van der Waals surface area contributed by atoms with Crippen LogP contribution < -0.4 is 0 Å². The number of halogens is 1. The molecule has 1 aliphatic rings. The summed E-state index contributed by atoms with van der Waals surface area (Å²) in [4.78, 5) is 27.6. The molecule has 1 aliphatic heterocycles. The van der Waals surface area contributed by atoms with Gasteiger partial charge in [-0.25, -0.2) is 4.79 Å². The molecule has 4 nitrogen and oxygen atoms in total. The quantitative estimate of drug-likeness (QED) is 0.661.